The topological polar surface area (TPSA) is 29.0 Å². The maximum atomic E-state index is 4.30. The van der Waals surface area contributed by atoms with E-state index in [2.05, 4.69) is 28.1 Å². The molecule has 2 heterocycles. The Balaban J connectivity index is 2.14. The number of aromatic nitrogens is 2. The molecule has 1 aromatic rings. The van der Waals surface area contributed by atoms with E-state index in [1.54, 1.807) is 6.33 Å². The molecule has 1 aromatic heterocycles. The fourth-order valence-electron chi connectivity index (χ4n) is 2.00. The summed E-state index contributed by atoms with van der Waals surface area (Å²) in [5, 5.41) is 1.19. The normalized spacial score (nSPS) is 24.4. The number of nitrogens with zero attached hydrogens (tertiary/aromatic N) is 3. The Morgan fingerprint density at radius 3 is 3.08 bits per heavy atom. The van der Waals surface area contributed by atoms with Crippen LogP contribution in [0.1, 0.15) is 37.7 Å². The first-order chi connectivity index (χ1) is 6.29. The summed E-state index contributed by atoms with van der Waals surface area (Å²) in [6, 6.07) is 1.16. The fraction of sp³-hybridized carbons (Fsp3) is 0.778. The molecule has 4 heteroatoms. The number of hydrogen-bond donors (Lipinski definition) is 0. The highest BCUT2D eigenvalue weighted by Crippen LogP contribution is 2.33. The van der Waals surface area contributed by atoms with E-state index in [1.165, 1.54) is 35.9 Å². The summed E-state index contributed by atoms with van der Waals surface area (Å²) in [6.45, 7) is 5.71. The van der Waals surface area contributed by atoms with Gasteiger partial charge in [-0.05, 0) is 44.8 Å². The van der Waals surface area contributed by atoms with Gasteiger partial charge in [0.05, 0.1) is 6.04 Å². The smallest absolute Gasteiger partial charge is 0.130 e. The Kier molecular flexibility index (Phi) is 2.60. The molecule has 1 aliphatic heterocycles. The summed E-state index contributed by atoms with van der Waals surface area (Å²) >= 11 is 1.54. The van der Waals surface area contributed by atoms with Crippen molar-refractivity contribution in [2.45, 2.75) is 38.8 Å². The van der Waals surface area contributed by atoms with Crippen LogP contribution in [-0.2, 0) is 0 Å². The summed E-state index contributed by atoms with van der Waals surface area (Å²) in [7, 11) is 0. The van der Waals surface area contributed by atoms with E-state index >= 15 is 0 Å². The van der Waals surface area contributed by atoms with Crippen molar-refractivity contribution in [3.8, 4) is 0 Å². The van der Waals surface area contributed by atoms with Gasteiger partial charge in [0.25, 0.3) is 0 Å². The molecule has 0 aliphatic carbocycles. The zero-order valence-electron chi connectivity index (χ0n) is 8.10. The lowest BCUT2D eigenvalue weighted by Gasteiger charge is -2.26. The van der Waals surface area contributed by atoms with Crippen LogP contribution in [0, 0.1) is 0 Å². The van der Waals surface area contributed by atoms with Crippen LogP contribution in [0.4, 0.5) is 0 Å². The van der Waals surface area contributed by atoms with Gasteiger partial charge in [0.15, 0.2) is 0 Å². The van der Waals surface area contributed by atoms with E-state index in [-0.39, 0.29) is 0 Å². The molecular formula is C9H15N3S. The first-order valence-corrected chi connectivity index (χ1v) is 5.58. The molecule has 2 rings (SSSR count). The van der Waals surface area contributed by atoms with Crippen LogP contribution in [0.25, 0.3) is 0 Å². The van der Waals surface area contributed by atoms with E-state index < -0.39 is 0 Å². The second-order valence-electron chi connectivity index (χ2n) is 3.77. The van der Waals surface area contributed by atoms with E-state index in [0.717, 1.165) is 0 Å². The largest absolute Gasteiger partial charge is 0.292 e. The predicted octanol–water partition coefficient (Wildman–Crippen LogP) is 2.08. The molecule has 1 atom stereocenters. The monoisotopic (exact) mass is 197 g/mol. The van der Waals surface area contributed by atoms with Crippen molar-refractivity contribution < 1.29 is 0 Å². The quantitative estimate of drug-likeness (QED) is 0.727. The Labute approximate surface area is 83.0 Å². The van der Waals surface area contributed by atoms with Crippen molar-refractivity contribution in [1.82, 2.24) is 14.3 Å². The minimum absolute atomic E-state index is 0.535. The van der Waals surface area contributed by atoms with Crippen LogP contribution < -0.4 is 0 Å². The van der Waals surface area contributed by atoms with Crippen molar-refractivity contribution in [3.05, 3.63) is 11.3 Å². The van der Waals surface area contributed by atoms with Gasteiger partial charge in [0.2, 0.25) is 0 Å². The first-order valence-electron chi connectivity index (χ1n) is 4.81. The van der Waals surface area contributed by atoms with Crippen LogP contribution in [0.5, 0.6) is 0 Å². The molecule has 13 heavy (non-hydrogen) atoms. The zero-order chi connectivity index (χ0) is 9.26. The third-order valence-corrected chi connectivity index (χ3v) is 3.39. The standard InChI is InChI=1S/C9H15N3S/c1-7(2)12-5-3-4-8(12)9-10-6-11-13-9/h6-8H,3-5H2,1-2H3/t8-/m1/s1. The maximum Gasteiger partial charge on any atom is 0.130 e. The van der Waals surface area contributed by atoms with Gasteiger partial charge >= 0.3 is 0 Å². The van der Waals surface area contributed by atoms with Gasteiger partial charge in [-0.15, -0.1) is 0 Å². The lowest BCUT2D eigenvalue weighted by molar-refractivity contribution is 0.205. The minimum Gasteiger partial charge on any atom is -0.292 e. The molecule has 3 nitrogen and oxygen atoms in total. The van der Waals surface area contributed by atoms with E-state index in [1.807, 2.05) is 0 Å². The minimum atomic E-state index is 0.535. The van der Waals surface area contributed by atoms with Crippen LogP contribution >= 0.6 is 11.5 Å². The molecule has 0 spiro atoms. The lowest BCUT2D eigenvalue weighted by Crippen LogP contribution is -2.30. The highest BCUT2D eigenvalue weighted by Gasteiger charge is 2.29. The molecule has 0 aromatic carbocycles. The van der Waals surface area contributed by atoms with Gasteiger partial charge in [0, 0.05) is 6.04 Å². The Morgan fingerprint density at radius 1 is 1.62 bits per heavy atom. The first kappa shape index (κ1) is 9.09. The second-order valence-corrected chi connectivity index (χ2v) is 4.58. The van der Waals surface area contributed by atoms with Gasteiger partial charge in [-0.3, -0.25) is 4.90 Å². The molecule has 72 valence electrons. The maximum absolute atomic E-state index is 4.30. The Bertz CT molecular complexity index is 258. The third-order valence-electron chi connectivity index (χ3n) is 2.62. The zero-order valence-corrected chi connectivity index (χ0v) is 8.92. The number of hydrogen-bond acceptors (Lipinski definition) is 4. The molecule has 0 bridgehead atoms. The summed E-state index contributed by atoms with van der Waals surface area (Å²) in [6.07, 6.45) is 4.20. The van der Waals surface area contributed by atoms with Crippen LogP contribution in [0.15, 0.2) is 6.33 Å². The summed E-state index contributed by atoms with van der Waals surface area (Å²) in [5.74, 6) is 0. The van der Waals surface area contributed by atoms with E-state index in [9.17, 15) is 0 Å². The van der Waals surface area contributed by atoms with Gasteiger partial charge < -0.3 is 0 Å². The van der Waals surface area contributed by atoms with Crippen LogP contribution in [0.2, 0.25) is 0 Å². The molecule has 0 radical (unpaired) electrons. The Hall–Kier alpha value is -0.480. The molecule has 0 saturated carbocycles. The number of rotatable bonds is 2. The summed E-state index contributed by atoms with van der Waals surface area (Å²) in [4.78, 5) is 6.81. The average molecular weight is 197 g/mol. The van der Waals surface area contributed by atoms with Crippen molar-refractivity contribution >= 4 is 11.5 Å². The fourth-order valence-corrected chi connectivity index (χ4v) is 2.67. The predicted molar refractivity (Wildman–Crippen MR) is 53.7 cm³/mol. The van der Waals surface area contributed by atoms with E-state index in [4.69, 9.17) is 0 Å². The van der Waals surface area contributed by atoms with Gasteiger partial charge in [-0.2, -0.15) is 4.37 Å². The van der Waals surface area contributed by atoms with Gasteiger partial charge in [-0.25, -0.2) is 4.98 Å². The lowest BCUT2D eigenvalue weighted by atomic mass is 10.2. The molecule has 0 amide bonds. The third kappa shape index (κ3) is 1.74. The Morgan fingerprint density at radius 2 is 2.46 bits per heavy atom. The molecule has 1 saturated heterocycles. The van der Waals surface area contributed by atoms with E-state index in [0.29, 0.717) is 12.1 Å². The van der Waals surface area contributed by atoms with Crippen molar-refractivity contribution in [2.75, 3.05) is 6.54 Å². The molecule has 1 fully saturated rings. The van der Waals surface area contributed by atoms with Crippen LogP contribution in [0.3, 0.4) is 0 Å². The summed E-state index contributed by atoms with van der Waals surface area (Å²) < 4.78 is 4.06. The highest BCUT2D eigenvalue weighted by atomic mass is 32.1. The SMILES string of the molecule is CC(C)N1CCC[C@@H]1c1ncns1. The number of likely N-dealkylation sites (tertiary alicyclic amines) is 1. The van der Waals surface area contributed by atoms with Gasteiger partial charge in [0.1, 0.15) is 11.3 Å². The second kappa shape index (κ2) is 3.72. The summed E-state index contributed by atoms with van der Waals surface area (Å²) in [5.41, 5.74) is 0. The molecule has 1 aliphatic rings. The molecular weight excluding hydrogens is 182 g/mol. The van der Waals surface area contributed by atoms with Gasteiger partial charge in [-0.1, -0.05) is 0 Å². The highest BCUT2D eigenvalue weighted by molar-refractivity contribution is 7.05. The van der Waals surface area contributed by atoms with Crippen molar-refractivity contribution in [1.29, 1.82) is 0 Å². The molecule has 0 unspecified atom stereocenters. The van der Waals surface area contributed by atoms with Crippen LogP contribution in [-0.4, -0.2) is 26.8 Å². The average Bonchev–Trinajstić information content (AvgIpc) is 2.74. The van der Waals surface area contributed by atoms with Crippen molar-refractivity contribution in [2.24, 2.45) is 0 Å². The molecule has 0 N–H and O–H groups in total. The van der Waals surface area contributed by atoms with Crippen molar-refractivity contribution in [3.63, 3.8) is 0 Å².